The van der Waals surface area contributed by atoms with Crippen molar-refractivity contribution in [1.29, 1.82) is 0 Å². The molecule has 3 N–H and O–H groups in total. The van der Waals surface area contributed by atoms with Gasteiger partial charge in [0.25, 0.3) is 0 Å². The molecule has 0 atom stereocenters. The number of rotatable bonds is 8. The number of nitrogens with two attached hydrogens (primary N) is 1. The number of nitrogens with one attached hydrogen (secondary N) is 1. The van der Waals surface area contributed by atoms with Crippen molar-refractivity contribution in [2.24, 2.45) is 11.7 Å². The van der Waals surface area contributed by atoms with Crippen LogP contribution in [0.2, 0.25) is 0 Å². The number of hydrogen-bond acceptors (Lipinski definition) is 4. The largest absolute Gasteiger partial charge is 0.389 e. The Bertz CT molecular complexity index is 900. The molecule has 0 bridgehead atoms. The minimum atomic E-state index is -0.377. The molecule has 0 spiro atoms. The summed E-state index contributed by atoms with van der Waals surface area (Å²) in [6, 6.07) is 16.4. The zero-order valence-electron chi connectivity index (χ0n) is 18.4. The zero-order chi connectivity index (χ0) is 21.6. The van der Waals surface area contributed by atoms with Gasteiger partial charge in [0.15, 0.2) is 0 Å². The third-order valence-electron chi connectivity index (χ3n) is 6.72. The van der Waals surface area contributed by atoms with E-state index in [2.05, 4.69) is 46.0 Å². The Morgan fingerprint density at radius 2 is 1.74 bits per heavy atom. The molecule has 164 valence electrons. The van der Waals surface area contributed by atoms with Crippen molar-refractivity contribution in [2.45, 2.75) is 32.2 Å². The molecule has 2 heterocycles. The number of primary amides is 1. The third-order valence-corrected chi connectivity index (χ3v) is 6.72. The van der Waals surface area contributed by atoms with E-state index < -0.39 is 0 Å². The van der Waals surface area contributed by atoms with E-state index in [1.54, 1.807) is 0 Å². The van der Waals surface area contributed by atoms with Gasteiger partial charge in [-0.25, -0.2) is 0 Å². The number of carbonyl (C=O) groups is 1. The monoisotopic (exact) mass is 418 g/mol. The van der Waals surface area contributed by atoms with Crippen LogP contribution in [0.5, 0.6) is 0 Å². The van der Waals surface area contributed by atoms with E-state index >= 15 is 0 Å². The lowest BCUT2D eigenvalue weighted by Crippen LogP contribution is -2.37. The highest BCUT2D eigenvalue weighted by molar-refractivity contribution is 5.93. The van der Waals surface area contributed by atoms with Crippen molar-refractivity contribution in [3.8, 4) is 0 Å². The fourth-order valence-electron chi connectivity index (χ4n) is 4.76. The highest BCUT2D eigenvalue weighted by Gasteiger charge is 2.22. The molecule has 0 aromatic heterocycles. The van der Waals surface area contributed by atoms with E-state index in [-0.39, 0.29) is 5.91 Å². The summed E-state index contributed by atoms with van der Waals surface area (Å²) in [6.07, 6.45) is 4.52. The van der Waals surface area contributed by atoms with E-state index in [9.17, 15) is 4.79 Å². The highest BCUT2D eigenvalue weighted by Crippen LogP contribution is 2.26. The minimum Gasteiger partial charge on any atom is -0.389 e. The first-order chi connectivity index (χ1) is 15.1. The van der Waals surface area contributed by atoms with Gasteiger partial charge in [-0.15, -0.1) is 0 Å². The first-order valence-corrected chi connectivity index (χ1v) is 11.5. The van der Waals surface area contributed by atoms with Crippen molar-refractivity contribution in [3.63, 3.8) is 0 Å². The number of carbonyl (C=O) groups excluding carboxylic acids is 1. The fraction of sp³-hybridized carbons (Fsp3) is 0.423. The lowest BCUT2D eigenvalue weighted by Gasteiger charge is -2.35. The predicted octanol–water partition coefficient (Wildman–Crippen LogP) is 3.55. The maximum atomic E-state index is 11.2. The van der Waals surface area contributed by atoms with Crippen molar-refractivity contribution >= 4 is 11.6 Å². The molecule has 0 unspecified atom stereocenters. The molecule has 4 rings (SSSR count). The minimum absolute atomic E-state index is 0.377. The van der Waals surface area contributed by atoms with Gasteiger partial charge < -0.3 is 16.0 Å². The first-order valence-electron chi connectivity index (χ1n) is 11.5. The van der Waals surface area contributed by atoms with E-state index in [1.807, 2.05) is 24.3 Å². The Kier molecular flexibility index (Phi) is 6.92. The lowest BCUT2D eigenvalue weighted by molar-refractivity contribution is 0.100. The molecule has 0 saturated carbocycles. The molecule has 2 aliphatic rings. The maximum absolute atomic E-state index is 11.2. The number of fused-ring (bicyclic) bond motifs is 1. The SMILES string of the molecule is C=C(NCCCN1CCc2ccccc2C1)C1CCN(c2ccc(C(N)=O)cc2)CC1. The van der Waals surface area contributed by atoms with Gasteiger partial charge >= 0.3 is 0 Å². The number of anilines is 1. The number of allylic oxidation sites excluding steroid dienone is 1. The molecule has 5 heteroatoms. The van der Waals surface area contributed by atoms with Crippen LogP contribution in [0, 0.1) is 5.92 Å². The Morgan fingerprint density at radius 3 is 2.45 bits per heavy atom. The highest BCUT2D eigenvalue weighted by atomic mass is 16.1. The maximum Gasteiger partial charge on any atom is 0.248 e. The van der Waals surface area contributed by atoms with Gasteiger partial charge in [-0.1, -0.05) is 30.8 Å². The zero-order valence-corrected chi connectivity index (χ0v) is 18.4. The Morgan fingerprint density at radius 1 is 1.03 bits per heavy atom. The van der Waals surface area contributed by atoms with Crippen LogP contribution in [0.15, 0.2) is 60.8 Å². The summed E-state index contributed by atoms with van der Waals surface area (Å²) in [5, 5.41) is 3.59. The van der Waals surface area contributed by atoms with Crippen LogP contribution < -0.4 is 16.0 Å². The van der Waals surface area contributed by atoms with Gasteiger partial charge in [0, 0.05) is 62.1 Å². The summed E-state index contributed by atoms with van der Waals surface area (Å²) < 4.78 is 0. The summed E-state index contributed by atoms with van der Waals surface area (Å²) in [7, 11) is 0. The summed E-state index contributed by atoms with van der Waals surface area (Å²) in [5.74, 6) is 0.153. The second kappa shape index (κ2) is 10.0. The van der Waals surface area contributed by atoms with Gasteiger partial charge in [0.1, 0.15) is 0 Å². The number of hydrogen-bond donors (Lipinski definition) is 2. The van der Waals surface area contributed by atoms with Crippen LogP contribution in [0.1, 0.15) is 40.7 Å². The number of piperidine rings is 1. The smallest absolute Gasteiger partial charge is 0.248 e. The summed E-state index contributed by atoms with van der Waals surface area (Å²) in [6.45, 7) is 10.7. The lowest BCUT2D eigenvalue weighted by atomic mass is 9.93. The standard InChI is InChI=1S/C26H34N4O/c1-20(28-14-4-15-29-16-11-22-5-2-3-6-24(22)19-29)21-12-17-30(18-13-21)25-9-7-23(8-10-25)26(27)31/h2-3,5-10,21,28H,1,4,11-19H2,(H2,27,31). The second-order valence-corrected chi connectivity index (χ2v) is 8.77. The summed E-state index contributed by atoms with van der Waals surface area (Å²) in [4.78, 5) is 16.2. The van der Waals surface area contributed by atoms with Gasteiger partial charge in [-0.2, -0.15) is 0 Å². The van der Waals surface area contributed by atoms with Crippen LogP contribution in [0.25, 0.3) is 0 Å². The van der Waals surface area contributed by atoms with E-state index in [1.165, 1.54) is 23.2 Å². The Hall–Kier alpha value is -2.79. The van der Waals surface area contributed by atoms with Crippen molar-refractivity contribution < 1.29 is 4.79 Å². The fourth-order valence-corrected chi connectivity index (χ4v) is 4.76. The van der Waals surface area contributed by atoms with E-state index in [0.29, 0.717) is 11.5 Å². The average Bonchev–Trinajstić information content (AvgIpc) is 2.82. The molecule has 31 heavy (non-hydrogen) atoms. The molecule has 1 amide bonds. The summed E-state index contributed by atoms with van der Waals surface area (Å²) in [5.41, 5.74) is 11.2. The molecule has 2 aromatic rings. The Balaban J connectivity index is 1.15. The molecule has 5 nitrogen and oxygen atoms in total. The third kappa shape index (κ3) is 5.47. The van der Waals surface area contributed by atoms with E-state index in [4.69, 9.17) is 5.73 Å². The molecular weight excluding hydrogens is 384 g/mol. The molecule has 2 aliphatic heterocycles. The van der Waals surface area contributed by atoms with Crippen molar-refractivity contribution in [3.05, 3.63) is 77.5 Å². The first kappa shape index (κ1) is 21.4. The number of nitrogens with zero attached hydrogens (tertiary/aromatic N) is 2. The Labute approximate surface area is 185 Å². The quantitative estimate of drug-likeness (QED) is 0.644. The van der Waals surface area contributed by atoms with Gasteiger partial charge in [-0.3, -0.25) is 9.69 Å². The van der Waals surface area contributed by atoms with Crippen LogP contribution in [-0.4, -0.2) is 43.5 Å². The second-order valence-electron chi connectivity index (χ2n) is 8.77. The molecule has 0 aliphatic carbocycles. The molecule has 0 radical (unpaired) electrons. The van der Waals surface area contributed by atoms with Gasteiger partial charge in [0.2, 0.25) is 5.91 Å². The summed E-state index contributed by atoms with van der Waals surface area (Å²) >= 11 is 0. The van der Waals surface area contributed by atoms with Gasteiger partial charge in [0.05, 0.1) is 0 Å². The van der Waals surface area contributed by atoms with Crippen LogP contribution >= 0.6 is 0 Å². The number of amides is 1. The molecular formula is C26H34N4O. The predicted molar refractivity (Wildman–Crippen MR) is 127 cm³/mol. The van der Waals surface area contributed by atoms with Crippen LogP contribution in [-0.2, 0) is 13.0 Å². The topological polar surface area (TPSA) is 61.6 Å². The van der Waals surface area contributed by atoms with Crippen LogP contribution in [0.3, 0.4) is 0 Å². The molecule has 1 saturated heterocycles. The number of benzene rings is 2. The van der Waals surface area contributed by atoms with E-state index in [0.717, 1.165) is 64.2 Å². The van der Waals surface area contributed by atoms with Crippen molar-refractivity contribution in [1.82, 2.24) is 10.2 Å². The normalized spacial score (nSPS) is 17.2. The van der Waals surface area contributed by atoms with Gasteiger partial charge in [-0.05, 0) is 61.1 Å². The average molecular weight is 419 g/mol. The molecule has 2 aromatic carbocycles. The van der Waals surface area contributed by atoms with Crippen LogP contribution in [0.4, 0.5) is 5.69 Å². The molecule has 1 fully saturated rings. The van der Waals surface area contributed by atoms with Crippen molar-refractivity contribution in [2.75, 3.05) is 37.6 Å².